The van der Waals surface area contributed by atoms with E-state index in [2.05, 4.69) is 15.1 Å². The van der Waals surface area contributed by atoms with E-state index in [1.54, 1.807) is 18.5 Å². The smallest absolute Gasteiger partial charge is 0.374 e. The molecule has 0 amide bonds. The second-order valence-electron chi connectivity index (χ2n) is 3.48. The van der Waals surface area contributed by atoms with Gasteiger partial charge in [0.15, 0.2) is 0 Å². The van der Waals surface area contributed by atoms with Crippen LogP contribution in [0.15, 0.2) is 35.1 Å². The number of H-pyrrole nitrogens is 1. The molecule has 6 nitrogen and oxygen atoms in total. The molecule has 0 atom stereocenters. The van der Waals surface area contributed by atoms with Gasteiger partial charge in [0.2, 0.25) is 5.76 Å². The van der Waals surface area contributed by atoms with E-state index in [0.717, 1.165) is 16.6 Å². The maximum atomic E-state index is 10.7. The first-order valence-electron chi connectivity index (χ1n) is 4.88. The zero-order chi connectivity index (χ0) is 11.8. The number of aromatic amines is 1. The molecule has 3 rings (SSSR count). The first-order chi connectivity index (χ1) is 8.25. The molecule has 0 saturated carbocycles. The van der Waals surface area contributed by atoms with Gasteiger partial charge in [0, 0.05) is 29.4 Å². The number of carboxylic acid groups (broad SMARTS) is 1. The van der Waals surface area contributed by atoms with Crippen LogP contribution >= 0.6 is 0 Å². The number of hydrogen-bond acceptors (Lipinski definition) is 4. The molecule has 2 N–H and O–H groups in total. The van der Waals surface area contributed by atoms with Gasteiger partial charge in [0.25, 0.3) is 0 Å². The van der Waals surface area contributed by atoms with Crippen molar-refractivity contribution in [3.63, 3.8) is 0 Å². The second kappa shape index (κ2) is 3.44. The SMILES string of the molecule is O=C(O)c1cc(-c2c[nH]c3ncccc23)no1. The minimum atomic E-state index is -1.14. The van der Waals surface area contributed by atoms with Crippen molar-refractivity contribution in [2.75, 3.05) is 0 Å². The highest BCUT2D eigenvalue weighted by Gasteiger charge is 2.15. The summed E-state index contributed by atoms with van der Waals surface area (Å²) in [6, 6.07) is 5.07. The zero-order valence-corrected chi connectivity index (χ0v) is 8.54. The van der Waals surface area contributed by atoms with E-state index in [1.807, 2.05) is 6.07 Å². The van der Waals surface area contributed by atoms with Gasteiger partial charge >= 0.3 is 5.97 Å². The van der Waals surface area contributed by atoms with Crippen LogP contribution in [0.1, 0.15) is 10.6 Å². The van der Waals surface area contributed by atoms with E-state index in [9.17, 15) is 4.79 Å². The molecule has 0 radical (unpaired) electrons. The van der Waals surface area contributed by atoms with Gasteiger partial charge in [-0.25, -0.2) is 9.78 Å². The molecule has 0 saturated heterocycles. The lowest BCUT2D eigenvalue weighted by Crippen LogP contribution is -1.91. The van der Waals surface area contributed by atoms with Crippen LogP contribution in [-0.4, -0.2) is 26.2 Å². The third-order valence-corrected chi connectivity index (χ3v) is 2.45. The number of fused-ring (bicyclic) bond motifs is 1. The molecule has 0 aromatic carbocycles. The summed E-state index contributed by atoms with van der Waals surface area (Å²) in [5.74, 6) is -1.32. The Morgan fingerprint density at radius 2 is 2.35 bits per heavy atom. The Kier molecular flexibility index (Phi) is 1.94. The minimum Gasteiger partial charge on any atom is -0.475 e. The molecule has 3 heterocycles. The van der Waals surface area contributed by atoms with Gasteiger partial charge in [-0.05, 0) is 12.1 Å². The molecule has 17 heavy (non-hydrogen) atoms. The van der Waals surface area contributed by atoms with E-state index in [-0.39, 0.29) is 5.76 Å². The Morgan fingerprint density at radius 1 is 1.47 bits per heavy atom. The van der Waals surface area contributed by atoms with Gasteiger partial charge in [-0.3, -0.25) is 0 Å². The molecular formula is C11H7N3O3. The van der Waals surface area contributed by atoms with Crippen LogP contribution in [0.25, 0.3) is 22.3 Å². The molecule has 0 aliphatic rings. The fraction of sp³-hybridized carbons (Fsp3) is 0. The van der Waals surface area contributed by atoms with Crippen molar-refractivity contribution in [2.45, 2.75) is 0 Å². The Balaban J connectivity index is 2.17. The lowest BCUT2D eigenvalue weighted by molar-refractivity contribution is 0.0652. The van der Waals surface area contributed by atoms with Crippen LogP contribution < -0.4 is 0 Å². The monoisotopic (exact) mass is 229 g/mol. The largest absolute Gasteiger partial charge is 0.475 e. The maximum absolute atomic E-state index is 10.7. The number of carbonyl (C=O) groups is 1. The quantitative estimate of drug-likeness (QED) is 0.700. The molecule has 3 aromatic heterocycles. The van der Waals surface area contributed by atoms with Crippen molar-refractivity contribution in [3.05, 3.63) is 36.4 Å². The van der Waals surface area contributed by atoms with Crippen molar-refractivity contribution >= 4 is 17.0 Å². The summed E-state index contributed by atoms with van der Waals surface area (Å²) in [5, 5.41) is 13.4. The predicted octanol–water partition coefficient (Wildman–Crippen LogP) is 1.92. The number of aromatic carboxylic acids is 1. The summed E-state index contributed by atoms with van der Waals surface area (Å²) in [6.45, 7) is 0. The van der Waals surface area contributed by atoms with Gasteiger partial charge in [-0.1, -0.05) is 5.16 Å². The van der Waals surface area contributed by atoms with Gasteiger partial charge in [-0.15, -0.1) is 0 Å². The van der Waals surface area contributed by atoms with Gasteiger partial charge in [-0.2, -0.15) is 0 Å². The van der Waals surface area contributed by atoms with E-state index in [1.165, 1.54) is 6.07 Å². The highest BCUT2D eigenvalue weighted by molar-refractivity contribution is 5.93. The van der Waals surface area contributed by atoms with Crippen LogP contribution in [0, 0.1) is 0 Å². The number of nitrogens with zero attached hydrogens (tertiary/aromatic N) is 2. The van der Waals surface area contributed by atoms with Gasteiger partial charge in [0.05, 0.1) is 0 Å². The average molecular weight is 229 g/mol. The van der Waals surface area contributed by atoms with Crippen LogP contribution in [0.2, 0.25) is 0 Å². The number of hydrogen-bond donors (Lipinski definition) is 2. The number of rotatable bonds is 2. The van der Waals surface area contributed by atoms with Crippen LogP contribution in [0.5, 0.6) is 0 Å². The fourth-order valence-electron chi connectivity index (χ4n) is 1.67. The van der Waals surface area contributed by atoms with Crippen molar-refractivity contribution < 1.29 is 14.4 Å². The molecule has 0 bridgehead atoms. The normalized spacial score (nSPS) is 10.8. The lowest BCUT2D eigenvalue weighted by atomic mass is 10.1. The first-order valence-corrected chi connectivity index (χ1v) is 4.88. The number of pyridine rings is 1. The summed E-state index contributed by atoms with van der Waals surface area (Å²) >= 11 is 0. The summed E-state index contributed by atoms with van der Waals surface area (Å²) < 4.78 is 4.71. The van der Waals surface area contributed by atoms with E-state index in [0.29, 0.717) is 5.69 Å². The Hall–Kier alpha value is -2.63. The zero-order valence-electron chi connectivity index (χ0n) is 8.54. The van der Waals surface area contributed by atoms with E-state index < -0.39 is 5.97 Å². The summed E-state index contributed by atoms with van der Waals surface area (Å²) in [7, 11) is 0. The first kappa shape index (κ1) is 9.59. The Labute approximate surface area is 94.9 Å². The molecule has 3 aromatic rings. The van der Waals surface area contributed by atoms with Crippen molar-refractivity contribution in [1.29, 1.82) is 0 Å². The third-order valence-electron chi connectivity index (χ3n) is 2.45. The highest BCUT2D eigenvalue weighted by atomic mass is 16.5. The molecule has 6 heteroatoms. The Morgan fingerprint density at radius 3 is 3.12 bits per heavy atom. The van der Waals surface area contributed by atoms with E-state index in [4.69, 9.17) is 9.63 Å². The third kappa shape index (κ3) is 1.46. The van der Waals surface area contributed by atoms with Gasteiger partial charge < -0.3 is 14.6 Å². The minimum absolute atomic E-state index is 0.182. The van der Waals surface area contributed by atoms with Crippen molar-refractivity contribution in [1.82, 2.24) is 15.1 Å². The second-order valence-corrected chi connectivity index (χ2v) is 3.48. The lowest BCUT2D eigenvalue weighted by Gasteiger charge is -1.90. The summed E-state index contributed by atoms with van der Waals surface area (Å²) in [4.78, 5) is 17.8. The number of nitrogens with one attached hydrogen (secondary N) is 1. The number of carboxylic acids is 1. The molecule has 84 valence electrons. The molecule has 0 aliphatic heterocycles. The summed E-state index contributed by atoms with van der Waals surface area (Å²) in [6.07, 6.45) is 3.40. The highest BCUT2D eigenvalue weighted by Crippen LogP contribution is 2.26. The van der Waals surface area contributed by atoms with Crippen LogP contribution in [-0.2, 0) is 0 Å². The Bertz CT molecular complexity index is 699. The maximum Gasteiger partial charge on any atom is 0.374 e. The molecule has 0 aliphatic carbocycles. The topological polar surface area (TPSA) is 92.0 Å². The fourth-order valence-corrected chi connectivity index (χ4v) is 1.67. The molecule has 0 unspecified atom stereocenters. The van der Waals surface area contributed by atoms with Crippen LogP contribution in [0.4, 0.5) is 0 Å². The van der Waals surface area contributed by atoms with Gasteiger partial charge in [0.1, 0.15) is 11.3 Å². The number of aromatic nitrogens is 3. The van der Waals surface area contributed by atoms with Crippen LogP contribution in [0.3, 0.4) is 0 Å². The van der Waals surface area contributed by atoms with Crippen molar-refractivity contribution in [3.8, 4) is 11.3 Å². The molecular weight excluding hydrogens is 222 g/mol. The standard InChI is InChI=1S/C11H7N3O3/c15-11(16)9-4-8(14-17-9)7-5-13-10-6(7)2-1-3-12-10/h1-5H,(H,12,13)(H,15,16). The average Bonchev–Trinajstić information content (AvgIpc) is 2.95. The molecule has 0 fully saturated rings. The van der Waals surface area contributed by atoms with E-state index >= 15 is 0 Å². The summed E-state index contributed by atoms with van der Waals surface area (Å²) in [5.41, 5.74) is 1.97. The predicted molar refractivity (Wildman–Crippen MR) is 58.6 cm³/mol. The molecule has 0 spiro atoms. The van der Waals surface area contributed by atoms with Crippen molar-refractivity contribution in [2.24, 2.45) is 0 Å².